The molecule has 0 amide bonds. The number of hydrogen-bond donors (Lipinski definition) is 0. The fourth-order valence-corrected chi connectivity index (χ4v) is 2.58. The average Bonchev–Trinajstić information content (AvgIpc) is 2.75. The van der Waals surface area contributed by atoms with Gasteiger partial charge in [0.05, 0.1) is 22.2 Å². The van der Waals surface area contributed by atoms with Crippen molar-refractivity contribution in [1.82, 2.24) is 9.55 Å². The van der Waals surface area contributed by atoms with E-state index in [9.17, 15) is 27.2 Å². The Morgan fingerprint density at radius 3 is 2.17 bits per heavy atom. The van der Waals surface area contributed by atoms with Crippen molar-refractivity contribution in [2.24, 2.45) is 0 Å². The summed E-state index contributed by atoms with van der Waals surface area (Å²) in [7, 11) is 0. The van der Waals surface area contributed by atoms with Crippen molar-refractivity contribution < 1.29 is 22.4 Å². The topological polar surface area (TPSA) is 52.0 Å². The first kappa shape index (κ1) is 13.6. The standard InChI is InChI=1S/C15H4F4N2O2/c16-7-1-5-11(3-9(7)18)20-14-13(22)6-2-8(17)10(19)4-12(6)21(14)15(5)23/h1-4H. The van der Waals surface area contributed by atoms with E-state index in [2.05, 4.69) is 4.98 Å². The van der Waals surface area contributed by atoms with Gasteiger partial charge in [-0.15, -0.1) is 0 Å². The molecule has 0 N–H and O–H groups in total. The van der Waals surface area contributed by atoms with Gasteiger partial charge in [0.2, 0.25) is 5.78 Å². The maximum absolute atomic E-state index is 13.4. The summed E-state index contributed by atoms with van der Waals surface area (Å²) in [5.41, 5.74) is -1.53. The van der Waals surface area contributed by atoms with Crippen molar-refractivity contribution in [2.45, 2.75) is 0 Å². The summed E-state index contributed by atoms with van der Waals surface area (Å²) in [4.78, 5) is 28.5. The normalized spacial score (nSPS) is 12.6. The lowest BCUT2D eigenvalue weighted by molar-refractivity contribution is 0.103. The Hall–Kier alpha value is -3.03. The SMILES string of the molecule is O=C1c2cc(F)c(F)cc2-n2c1nc1cc(F)c(F)cc1c2=O. The van der Waals surface area contributed by atoms with Gasteiger partial charge in [0, 0.05) is 12.1 Å². The summed E-state index contributed by atoms with van der Waals surface area (Å²) >= 11 is 0. The molecule has 0 radical (unpaired) electrons. The quantitative estimate of drug-likeness (QED) is 0.468. The third kappa shape index (κ3) is 1.68. The van der Waals surface area contributed by atoms with Crippen LogP contribution in [0.3, 0.4) is 0 Å². The van der Waals surface area contributed by atoms with Gasteiger partial charge in [-0.3, -0.25) is 14.2 Å². The van der Waals surface area contributed by atoms with Crippen LogP contribution in [0.1, 0.15) is 16.2 Å². The molecule has 0 atom stereocenters. The Kier molecular flexibility index (Phi) is 2.52. The molecule has 1 aromatic heterocycles. The zero-order valence-corrected chi connectivity index (χ0v) is 11.0. The lowest BCUT2D eigenvalue weighted by Gasteiger charge is -2.06. The summed E-state index contributed by atoms with van der Waals surface area (Å²) in [5.74, 6) is -6.20. The number of carbonyl (C=O) groups excluding carboxylic acids is 1. The molecule has 0 saturated heterocycles. The zero-order chi connectivity index (χ0) is 16.5. The molecule has 23 heavy (non-hydrogen) atoms. The molecular weight excluding hydrogens is 316 g/mol. The van der Waals surface area contributed by atoms with E-state index in [0.717, 1.165) is 4.57 Å². The van der Waals surface area contributed by atoms with Crippen LogP contribution in [0.2, 0.25) is 0 Å². The highest BCUT2D eigenvalue weighted by Gasteiger charge is 2.32. The van der Waals surface area contributed by atoms with E-state index in [0.29, 0.717) is 24.3 Å². The predicted molar refractivity (Wildman–Crippen MR) is 70.6 cm³/mol. The number of fused-ring (bicyclic) bond motifs is 4. The van der Waals surface area contributed by atoms with Crippen LogP contribution >= 0.6 is 0 Å². The van der Waals surface area contributed by atoms with Crippen LogP contribution < -0.4 is 5.56 Å². The molecule has 2 heterocycles. The van der Waals surface area contributed by atoms with Gasteiger partial charge in [-0.05, 0) is 12.1 Å². The molecule has 8 heteroatoms. The first-order valence-electron chi connectivity index (χ1n) is 6.34. The zero-order valence-electron chi connectivity index (χ0n) is 11.0. The average molecular weight is 320 g/mol. The number of hydrogen-bond acceptors (Lipinski definition) is 3. The summed E-state index contributed by atoms with van der Waals surface area (Å²) in [6.07, 6.45) is 0. The van der Waals surface area contributed by atoms with Crippen molar-refractivity contribution in [3.63, 3.8) is 0 Å². The largest absolute Gasteiger partial charge is 0.285 e. The molecule has 1 aliphatic rings. The summed E-state index contributed by atoms with van der Waals surface area (Å²) in [6.45, 7) is 0. The van der Waals surface area contributed by atoms with Gasteiger partial charge in [0.25, 0.3) is 5.56 Å². The van der Waals surface area contributed by atoms with Gasteiger partial charge in [0.1, 0.15) is 0 Å². The van der Waals surface area contributed by atoms with E-state index in [4.69, 9.17) is 0 Å². The van der Waals surface area contributed by atoms with E-state index in [1.807, 2.05) is 0 Å². The predicted octanol–water partition coefficient (Wildman–Crippen LogP) is 2.49. The summed E-state index contributed by atoms with van der Waals surface area (Å²) < 4.78 is 54.1. The van der Waals surface area contributed by atoms with Crippen molar-refractivity contribution in [3.05, 3.63) is 69.3 Å². The van der Waals surface area contributed by atoms with Crippen molar-refractivity contribution in [3.8, 4) is 5.69 Å². The molecule has 4 nitrogen and oxygen atoms in total. The molecule has 0 saturated carbocycles. The Morgan fingerprint density at radius 2 is 1.43 bits per heavy atom. The van der Waals surface area contributed by atoms with Gasteiger partial charge in [-0.2, -0.15) is 0 Å². The molecule has 0 spiro atoms. The van der Waals surface area contributed by atoms with E-state index in [-0.39, 0.29) is 22.2 Å². The minimum Gasteiger partial charge on any atom is -0.285 e. The van der Waals surface area contributed by atoms with Gasteiger partial charge < -0.3 is 0 Å². The fraction of sp³-hybridized carbons (Fsp3) is 0. The lowest BCUT2D eigenvalue weighted by Crippen LogP contribution is -2.22. The third-order valence-corrected chi connectivity index (χ3v) is 3.64. The minimum absolute atomic E-state index is 0.187. The molecule has 0 fully saturated rings. The van der Waals surface area contributed by atoms with Gasteiger partial charge in [-0.1, -0.05) is 0 Å². The maximum Gasteiger partial charge on any atom is 0.266 e. The Morgan fingerprint density at radius 1 is 0.826 bits per heavy atom. The van der Waals surface area contributed by atoms with Crippen LogP contribution in [-0.4, -0.2) is 15.3 Å². The highest BCUT2D eigenvalue weighted by atomic mass is 19.2. The number of rotatable bonds is 0. The van der Waals surface area contributed by atoms with E-state index < -0.39 is 40.4 Å². The number of benzene rings is 2. The molecule has 3 aromatic rings. The first-order chi connectivity index (χ1) is 10.9. The Balaban J connectivity index is 2.17. The number of nitrogens with zero attached hydrogens (tertiary/aromatic N) is 2. The second kappa shape index (κ2) is 4.25. The highest BCUT2D eigenvalue weighted by Crippen LogP contribution is 2.28. The molecule has 1 aliphatic heterocycles. The molecular formula is C15H4F4N2O2. The lowest BCUT2D eigenvalue weighted by atomic mass is 10.1. The van der Waals surface area contributed by atoms with Gasteiger partial charge in [0.15, 0.2) is 29.1 Å². The van der Waals surface area contributed by atoms with Crippen LogP contribution in [0.4, 0.5) is 17.6 Å². The monoisotopic (exact) mass is 320 g/mol. The van der Waals surface area contributed by atoms with Crippen molar-refractivity contribution in [2.75, 3.05) is 0 Å². The number of ketones is 1. The van der Waals surface area contributed by atoms with E-state index >= 15 is 0 Å². The van der Waals surface area contributed by atoms with Crippen LogP contribution in [0.25, 0.3) is 16.6 Å². The number of halogens is 4. The first-order valence-corrected chi connectivity index (χ1v) is 6.34. The third-order valence-electron chi connectivity index (χ3n) is 3.64. The molecule has 0 aliphatic carbocycles. The van der Waals surface area contributed by atoms with Gasteiger partial charge >= 0.3 is 0 Å². The van der Waals surface area contributed by atoms with Crippen molar-refractivity contribution in [1.29, 1.82) is 0 Å². The highest BCUT2D eigenvalue weighted by molar-refractivity contribution is 6.13. The fourth-order valence-electron chi connectivity index (χ4n) is 2.58. The second-order valence-electron chi connectivity index (χ2n) is 4.97. The van der Waals surface area contributed by atoms with Crippen LogP contribution in [0, 0.1) is 23.3 Å². The number of aromatic nitrogens is 2. The maximum atomic E-state index is 13.4. The summed E-state index contributed by atoms with van der Waals surface area (Å²) in [5, 5.41) is -0.280. The Labute approximate surface area is 124 Å². The summed E-state index contributed by atoms with van der Waals surface area (Å²) in [6, 6.07) is 2.68. The smallest absolute Gasteiger partial charge is 0.266 e. The molecule has 0 unspecified atom stereocenters. The minimum atomic E-state index is -1.26. The van der Waals surface area contributed by atoms with Crippen LogP contribution in [0.15, 0.2) is 29.1 Å². The second-order valence-corrected chi connectivity index (χ2v) is 4.97. The molecule has 114 valence electrons. The molecule has 2 aromatic carbocycles. The Bertz CT molecular complexity index is 1110. The van der Waals surface area contributed by atoms with Crippen LogP contribution in [-0.2, 0) is 0 Å². The number of carbonyl (C=O) groups is 1. The van der Waals surface area contributed by atoms with E-state index in [1.54, 1.807) is 0 Å². The van der Waals surface area contributed by atoms with Gasteiger partial charge in [-0.25, -0.2) is 22.5 Å². The van der Waals surface area contributed by atoms with Crippen LogP contribution in [0.5, 0.6) is 0 Å². The molecule has 4 rings (SSSR count). The van der Waals surface area contributed by atoms with Crippen molar-refractivity contribution >= 4 is 16.7 Å². The van der Waals surface area contributed by atoms with E-state index in [1.165, 1.54) is 0 Å². The molecule has 0 bridgehead atoms.